The molecule has 1 saturated heterocycles. The van der Waals surface area contributed by atoms with Crippen molar-refractivity contribution in [1.82, 2.24) is 4.98 Å². The summed E-state index contributed by atoms with van der Waals surface area (Å²) in [5.74, 6) is -0.120. The molecule has 0 aliphatic carbocycles. The lowest BCUT2D eigenvalue weighted by molar-refractivity contribution is -0.126. The minimum absolute atomic E-state index is 0.0220. The molecule has 1 fully saturated rings. The Morgan fingerprint density at radius 1 is 1.75 bits per heavy atom. The number of carbonyl (C=O) groups is 1. The van der Waals surface area contributed by atoms with Crippen LogP contribution in [0.5, 0.6) is 0 Å². The lowest BCUT2D eigenvalue weighted by Crippen LogP contribution is -2.29. The van der Waals surface area contributed by atoms with Crippen LogP contribution in [0.15, 0.2) is 6.20 Å². The molecule has 0 saturated carbocycles. The standard InChI is InChI=1S/C10H15N3O2S/c1-6-5-12-10(16-6)13-9(14)8-3-2-7(4-11)15-8/h5,7-8H,2-4,11H2,1H3,(H,12,13,14)/t7-,8+/m1/s1. The van der Waals surface area contributed by atoms with Crippen molar-refractivity contribution in [1.29, 1.82) is 0 Å². The van der Waals surface area contributed by atoms with Crippen molar-refractivity contribution in [2.45, 2.75) is 32.0 Å². The van der Waals surface area contributed by atoms with E-state index in [0.717, 1.165) is 17.7 Å². The van der Waals surface area contributed by atoms with Gasteiger partial charge in [-0.05, 0) is 19.8 Å². The highest BCUT2D eigenvalue weighted by Gasteiger charge is 2.30. The fraction of sp³-hybridized carbons (Fsp3) is 0.600. The molecule has 1 amide bonds. The van der Waals surface area contributed by atoms with Gasteiger partial charge in [-0.3, -0.25) is 10.1 Å². The highest BCUT2D eigenvalue weighted by molar-refractivity contribution is 7.15. The Morgan fingerprint density at radius 2 is 2.56 bits per heavy atom. The highest BCUT2D eigenvalue weighted by Crippen LogP contribution is 2.22. The average molecular weight is 241 g/mol. The number of nitrogens with zero attached hydrogens (tertiary/aromatic N) is 1. The largest absolute Gasteiger partial charge is 0.364 e. The number of thiazole rings is 1. The maximum Gasteiger partial charge on any atom is 0.255 e. The van der Waals surface area contributed by atoms with Crippen LogP contribution in [0.25, 0.3) is 0 Å². The summed E-state index contributed by atoms with van der Waals surface area (Å²) in [6, 6.07) is 0. The number of nitrogens with one attached hydrogen (secondary N) is 1. The first kappa shape index (κ1) is 11.5. The van der Waals surface area contributed by atoms with Crippen molar-refractivity contribution in [3.63, 3.8) is 0 Å². The fourth-order valence-corrected chi connectivity index (χ4v) is 2.34. The number of hydrogen-bond donors (Lipinski definition) is 2. The molecule has 0 radical (unpaired) electrons. The van der Waals surface area contributed by atoms with Gasteiger partial charge in [0.25, 0.3) is 5.91 Å². The van der Waals surface area contributed by atoms with Crippen LogP contribution in [0.1, 0.15) is 17.7 Å². The van der Waals surface area contributed by atoms with Gasteiger partial charge in [-0.25, -0.2) is 4.98 Å². The zero-order valence-corrected chi connectivity index (χ0v) is 9.92. The second kappa shape index (κ2) is 4.90. The summed E-state index contributed by atoms with van der Waals surface area (Å²) in [5, 5.41) is 3.38. The number of aromatic nitrogens is 1. The first-order chi connectivity index (χ1) is 7.69. The van der Waals surface area contributed by atoms with E-state index in [1.54, 1.807) is 6.20 Å². The van der Waals surface area contributed by atoms with Crippen molar-refractivity contribution >= 4 is 22.4 Å². The molecule has 2 atom stereocenters. The van der Waals surface area contributed by atoms with Gasteiger partial charge in [0.2, 0.25) is 0 Å². The van der Waals surface area contributed by atoms with Gasteiger partial charge in [-0.15, -0.1) is 11.3 Å². The number of nitrogens with two attached hydrogens (primary N) is 1. The average Bonchev–Trinajstić information content (AvgIpc) is 2.87. The Bertz CT molecular complexity index is 380. The number of rotatable bonds is 3. The minimum atomic E-state index is -0.377. The molecule has 3 N–H and O–H groups in total. The molecule has 2 heterocycles. The van der Waals surface area contributed by atoms with Crippen LogP contribution in [-0.2, 0) is 9.53 Å². The van der Waals surface area contributed by atoms with Gasteiger partial charge in [-0.2, -0.15) is 0 Å². The van der Waals surface area contributed by atoms with Gasteiger partial charge in [0.05, 0.1) is 6.10 Å². The molecule has 1 aliphatic rings. The van der Waals surface area contributed by atoms with Crippen LogP contribution in [0, 0.1) is 6.92 Å². The van der Waals surface area contributed by atoms with Crippen LogP contribution in [-0.4, -0.2) is 29.6 Å². The highest BCUT2D eigenvalue weighted by atomic mass is 32.1. The van der Waals surface area contributed by atoms with E-state index < -0.39 is 0 Å². The molecule has 0 bridgehead atoms. The van der Waals surface area contributed by atoms with E-state index in [1.165, 1.54) is 11.3 Å². The zero-order chi connectivity index (χ0) is 11.5. The van der Waals surface area contributed by atoms with E-state index in [1.807, 2.05) is 6.92 Å². The Hall–Kier alpha value is -0.980. The number of anilines is 1. The quantitative estimate of drug-likeness (QED) is 0.824. The molecule has 2 rings (SSSR count). The van der Waals surface area contributed by atoms with Crippen molar-refractivity contribution in [3.8, 4) is 0 Å². The summed E-state index contributed by atoms with van der Waals surface area (Å²) in [6.07, 6.45) is 2.97. The summed E-state index contributed by atoms with van der Waals surface area (Å²) in [7, 11) is 0. The smallest absolute Gasteiger partial charge is 0.255 e. The van der Waals surface area contributed by atoms with Crippen LogP contribution in [0.4, 0.5) is 5.13 Å². The Morgan fingerprint density at radius 3 is 3.12 bits per heavy atom. The Kier molecular flexibility index (Phi) is 3.52. The fourth-order valence-electron chi connectivity index (χ4n) is 1.67. The molecule has 5 nitrogen and oxygen atoms in total. The van der Waals surface area contributed by atoms with Crippen LogP contribution in [0.2, 0.25) is 0 Å². The first-order valence-corrected chi connectivity index (χ1v) is 6.09. The summed E-state index contributed by atoms with van der Waals surface area (Å²) in [4.78, 5) is 16.9. The van der Waals surface area contributed by atoms with E-state index >= 15 is 0 Å². The molecule has 88 valence electrons. The molecular formula is C10H15N3O2S. The third-order valence-electron chi connectivity index (χ3n) is 2.51. The number of ether oxygens (including phenoxy) is 1. The molecular weight excluding hydrogens is 226 g/mol. The van der Waals surface area contributed by atoms with Crippen LogP contribution >= 0.6 is 11.3 Å². The van der Waals surface area contributed by atoms with E-state index in [-0.39, 0.29) is 18.1 Å². The van der Waals surface area contributed by atoms with Gasteiger partial charge in [0, 0.05) is 17.6 Å². The predicted molar refractivity (Wildman–Crippen MR) is 62.4 cm³/mol. The molecule has 16 heavy (non-hydrogen) atoms. The van der Waals surface area contributed by atoms with E-state index in [0.29, 0.717) is 11.7 Å². The Balaban J connectivity index is 1.89. The number of amides is 1. The third kappa shape index (κ3) is 2.58. The van der Waals surface area contributed by atoms with Crippen molar-refractivity contribution in [2.24, 2.45) is 5.73 Å². The van der Waals surface area contributed by atoms with Gasteiger partial charge >= 0.3 is 0 Å². The second-order valence-electron chi connectivity index (χ2n) is 3.83. The van der Waals surface area contributed by atoms with Gasteiger partial charge in [0.15, 0.2) is 5.13 Å². The molecule has 1 aromatic rings. The minimum Gasteiger partial charge on any atom is -0.364 e. The molecule has 0 aromatic carbocycles. The van der Waals surface area contributed by atoms with Gasteiger partial charge in [-0.1, -0.05) is 0 Å². The maximum atomic E-state index is 11.8. The number of carbonyl (C=O) groups excluding carboxylic acids is 1. The van der Waals surface area contributed by atoms with E-state index in [9.17, 15) is 4.79 Å². The Labute approximate surface area is 98.0 Å². The van der Waals surface area contributed by atoms with Gasteiger partial charge < -0.3 is 10.5 Å². The molecule has 0 unspecified atom stereocenters. The second-order valence-corrected chi connectivity index (χ2v) is 5.06. The van der Waals surface area contributed by atoms with Crippen LogP contribution < -0.4 is 11.1 Å². The zero-order valence-electron chi connectivity index (χ0n) is 9.10. The van der Waals surface area contributed by atoms with Crippen molar-refractivity contribution < 1.29 is 9.53 Å². The summed E-state index contributed by atoms with van der Waals surface area (Å²) >= 11 is 1.46. The lowest BCUT2D eigenvalue weighted by atomic mass is 10.2. The molecule has 1 aliphatic heterocycles. The summed E-state index contributed by atoms with van der Waals surface area (Å²) in [5.41, 5.74) is 5.49. The van der Waals surface area contributed by atoms with Gasteiger partial charge in [0.1, 0.15) is 6.10 Å². The van der Waals surface area contributed by atoms with E-state index in [4.69, 9.17) is 10.5 Å². The molecule has 0 spiro atoms. The SMILES string of the molecule is Cc1cnc(NC(=O)[C@@H]2CC[C@H](CN)O2)s1. The number of hydrogen-bond acceptors (Lipinski definition) is 5. The monoisotopic (exact) mass is 241 g/mol. The van der Waals surface area contributed by atoms with Crippen molar-refractivity contribution in [2.75, 3.05) is 11.9 Å². The molecule has 1 aromatic heterocycles. The summed E-state index contributed by atoms with van der Waals surface area (Å²) in [6.45, 7) is 2.42. The number of aryl methyl sites for hydroxylation is 1. The van der Waals surface area contributed by atoms with Crippen molar-refractivity contribution in [3.05, 3.63) is 11.1 Å². The van der Waals surface area contributed by atoms with Crippen LogP contribution in [0.3, 0.4) is 0 Å². The normalized spacial score (nSPS) is 24.6. The third-order valence-corrected chi connectivity index (χ3v) is 3.34. The predicted octanol–water partition coefficient (Wildman–Crippen LogP) is 0.896. The molecule has 6 heteroatoms. The topological polar surface area (TPSA) is 77.2 Å². The lowest BCUT2D eigenvalue weighted by Gasteiger charge is -2.11. The first-order valence-electron chi connectivity index (χ1n) is 5.28. The maximum absolute atomic E-state index is 11.8. The van der Waals surface area contributed by atoms with E-state index in [2.05, 4.69) is 10.3 Å². The summed E-state index contributed by atoms with van der Waals surface area (Å²) < 4.78 is 5.49.